The van der Waals surface area contributed by atoms with Crippen molar-refractivity contribution in [3.63, 3.8) is 0 Å². The molecule has 0 saturated heterocycles. The second kappa shape index (κ2) is 7.72. The van der Waals surface area contributed by atoms with Crippen molar-refractivity contribution in [3.05, 3.63) is 64.7 Å². The van der Waals surface area contributed by atoms with Crippen molar-refractivity contribution in [2.45, 2.75) is 29.8 Å². The first-order valence-corrected chi connectivity index (χ1v) is 10.9. The molecular formula is C20H15BrFN5OS. The highest BCUT2D eigenvalue weighted by atomic mass is 79.9. The van der Waals surface area contributed by atoms with Gasteiger partial charge in [-0.05, 0) is 53.0 Å². The van der Waals surface area contributed by atoms with Gasteiger partial charge < -0.3 is 4.42 Å². The van der Waals surface area contributed by atoms with Gasteiger partial charge in [0.15, 0.2) is 11.0 Å². The molecule has 9 heteroatoms. The Morgan fingerprint density at radius 2 is 1.76 bits per heavy atom. The summed E-state index contributed by atoms with van der Waals surface area (Å²) in [6.45, 7) is 0. The molecule has 1 aliphatic rings. The van der Waals surface area contributed by atoms with E-state index in [0.29, 0.717) is 35.0 Å². The number of halogens is 2. The second-order valence-electron chi connectivity index (χ2n) is 6.66. The number of rotatable bonds is 6. The molecule has 2 heterocycles. The Morgan fingerprint density at radius 1 is 1.00 bits per heavy atom. The molecule has 0 unspecified atom stereocenters. The molecule has 1 fully saturated rings. The van der Waals surface area contributed by atoms with Gasteiger partial charge in [-0.15, -0.1) is 20.4 Å². The van der Waals surface area contributed by atoms with E-state index in [4.69, 9.17) is 4.42 Å². The molecule has 146 valence electrons. The summed E-state index contributed by atoms with van der Waals surface area (Å²) < 4.78 is 23.0. The molecule has 1 aliphatic carbocycles. The molecule has 0 aliphatic heterocycles. The van der Waals surface area contributed by atoms with E-state index in [0.717, 1.165) is 28.0 Å². The number of hydrogen-bond acceptors (Lipinski definition) is 6. The fourth-order valence-corrected chi connectivity index (χ4v) is 4.34. The highest BCUT2D eigenvalue weighted by molar-refractivity contribution is 9.10. The SMILES string of the molecule is Fc1ccccc1-c1nnc(SCc2nnc(-c3ccccc3Br)o2)n1C1CC1. The molecule has 4 aromatic rings. The van der Waals surface area contributed by atoms with E-state index in [1.807, 2.05) is 28.8 Å². The molecule has 29 heavy (non-hydrogen) atoms. The fourth-order valence-electron chi connectivity index (χ4n) is 3.05. The van der Waals surface area contributed by atoms with Crippen LogP contribution in [-0.4, -0.2) is 25.0 Å². The van der Waals surface area contributed by atoms with Crippen molar-refractivity contribution >= 4 is 27.7 Å². The molecule has 0 atom stereocenters. The average molecular weight is 472 g/mol. The van der Waals surface area contributed by atoms with Crippen LogP contribution in [0.1, 0.15) is 24.8 Å². The lowest BCUT2D eigenvalue weighted by Gasteiger charge is -2.08. The third-order valence-corrected chi connectivity index (χ3v) is 6.21. The lowest BCUT2D eigenvalue weighted by atomic mass is 10.2. The van der Waals surface area contributed by atoms with Crippen LogP contribution >= 0.6 is 27.7 Å². The van der Waals surface area contributed by atoms with E-state index in [9.17, 15) is 4.39 Å². The predicted molar refractivity (Wildman–Crippen MR) is 111 cm³/mol. The summed E-state index contributed by atoms with van der Waals surface area (Å²) in [5.74, 6) is 1.68. The summed E-state index contributed by atoms with van der Waals surface area (Å²) in [4.78, 5) is 0. The van der Waals surface area contributed by atoms with Gasteiger partial charge in [-0.1, -0.05) is 36.0 Å². The maximum Gasteiger partial charge on any atom is 0.248 e. The molecule has 5 rings (SSSR count). The smallest absolute Gasteiger partial charge is 0.248 e. The quantitative estimate of drug-likeness (QED) is 0.344. The largest absolute Gasteiger partial charge is 0.420 e. The molecule has 0 radical (unpaired) electrons. The summed E-state index contributed by atoms with van der Waals surface area (Å²) in [6.07, 6.45) is 2.08. The van der Waals surface area contributed by atoms with Gasteiger partial charge in [-0.2, -0.15) is 0 Å². The first-order valence-electron chi connectivity index (χ1n) is 9.10. The van der Waals surface area contributed by atoms with Crippen LogP contribution in [0.25, 0.3) is 22.8 Å². The van der Waals surface area contributed by atoms with E-state index in [1.54, 1.807) is 18.2 Å². The van der Waals surface area contributed by atoms with E-state index in [1.165, 1.54) is 17.8 Å². The van der Waals surface area contributed by atoms with Crippen molar-refractivity contribution in [1.82, 2.24) is 25.0 Å². The van der Waals surface area contributed by atoms with E-state index < -0.39 is 0 Å². The molecule has 2 aromatic heterocycles. The Balaban J connectivity index is 1.38. The van der Waals surface area contributed by atoms with Crippen LogP contribution < -0.4 is 0 Å². The van der Waals surface area contributed by atoms with Gasteiger partial charge in [0.2, 0.25) is 11.8 Å². The molecule has 0 N–H and O–H groups in total. The van der Waals surface area contributed by atoms with Crippen molar-refractivity contribution in [3.8, 4) is 22.8 Å². The monoisotopic (exact) mass is 471 g/mol. The van der Waals surface area contributed by atoms with Crippen LogP contribution in [0.15, 0.2) is 62.6 Å². The first-order chi connectivity index (χ1) is 14.2. The van der Waals surface area contributed by atoms with Crippen LogP contribution in [0.5, 0.6) is 0 Å². The van der Waals surface area contributed by atoms with Gasteiger partial charge in [0.25, 0.3) is 0 Å². The van der Waals surface area contributed by atoms with Gasteiger partial charge in [-0.3, -0.25) is 4.57 Å². The van der Waals surface area contributed by atoms with Gasteiger partial charge in [0.1, 0.15) is 5.82 Å². The third-order valence-electron chi connectivity index (χ3n) is 4.59. The van der Waals surface area contributed by atoms with Crippen LogP contribution in [0.2, 0.25) is 0 Å². The fraction of sp³-hybridized carbons (Fsp3) is 0.200. The summed E-state index contributed by atoms with van der Waals surface area (Å²) >= 11 is 4.96. The minimum Gasteiger partial charge on any atom is -0.420 e. The molecule has 0 spiro atoms. The minimum atomic E-state index is -0.298. The first kappa shape index (κ1) is 18.5. The van der Waals surface area contributed by atoms with Crippen LogP contribution in [0.3, 0.4) is 0 Å². The molecule has 1 saturated carbocycles. The lowest BCUT2D eigenvalue weighted by molar-refractivity contribution is 0.527. The molecule has 0 bridgehead atoms. The van der Waals surface area contributed by atoms with Crippen LogP contribution in [0, 0.1) is 5.82 Å². The van der Waals surface area contributed by atoms with Crippen LogP contribution in [0.4, 0.5) is 4.39 Å². The number of benzene rings is 2. The zero-order valence-electron chi connectivity index (χ0n) is 15.1. The number of hydrogen-bond donors (Lipinski definition) is 0. The summed E-state index contributed by atoms with van der Waals surface area (Å²) in [6, 6.07) is 14.6. The van der Waals surface area contributed by atoms with Crippen molar-refractivity contribution in [1.29, 1.82) is 0 Å². The summed E-state index contributed by atoms with van der Waals surface area (Å²) in [7, 11) is 0. The number of aromatic nitrogens is 5. The van der Waals surface area contributed by atoms with Crippen molar-refractivity contribution < 1.29 is 8.81 Å². The Labute approximate surface area is 178 Å². The molecule has 6 nitrogen and oxygen atoms in total. The molecular weight excluding hydrogens is 457 g/mol. The second-order valence-corrected chi connectivity index (χ2v) is 8.45. The van der Waals surface area contributed by atoms with Gasteiger partial charge in [0.05, 0.1) is 16.9 Å². The Bertz CT molecular complexity index is 1170. The Morgan fingerprint density at radius 3 is 2.52 bits per heavy atom. The molecule has 0 amide bonds. The van der Waals surface area contributed by atoms with Gasteiger partial charge >= 0.3 is 0 Å². The summed E-state index contributed by atoms with van der Waals surface area (Å²) in [5, 5.41) is 17.6. The summed E-state index contributed by atoms with van der Waals surface area (Å²) in [5.41, 5.74) is 1.31. The Kier molecular flexibility index (Phi) is 4.92. The standard InChI is InChI=1S/C20H15BrFN5OS/c21-15-7-3-1-5-13(15)19-25-23-17(28-19)11-29-20-26-24-18(27(20)12-9-10-12)14-6-2-4-8-16(14)22/h1-8,12H,9-11H2. The highest BCUT2D eigenvalue weighted by Crippen LogP contribution is 2.42. The van der Waals surface area contributed by atoms with E-state index in [-0.39, 0.29) is 5.82 Å². The van der Waals surface area contributed by atoms with Gasteiger partial charge in [-0.25, -0.2) is 4.39 Å². The third kappa shape index (κ3) is 3.72. The predicted octanol–water partition coefficient (Wildman–Crippen LogP) is 5.52. The zero-order chi connectivity index (χ0) is 19.8. The zero-order valence-corrected chi connectivity index (χ0v) is 17.5. The number of thioether (sulfide) groups is 1. The van der Waals surface area contributed by atoms with Crippen LogP contribution in [-0.2, 0) is 5.75 Å². The normalized spacial score (nSPS) is 13.7. The van der Waals surface area contributed by atoms with E-state index in [2.05, 4.69) is 36.3 Å². The van der Waals surface area contributed by atoms with Gasteiger partial charge in [0, 0.05) is 10.5 Å². The minimum absolute atomic E-state index is 0.298. The Hall–Kier alpha value is -2.52. The lowest BCUT2D eigenvalue weighted by Crippen LogP contribution is -2.01. The maximum absolute atomic E-state index is 14.3. The number of nitrogens with zero attached hydrogens (tertiary/aromatic N) is 5. The average Bonchev–Trinajstić information content (AvgIpc) is 3.31. The van der Waals surface area contributed by atoms with Crippen molar-refractivity contribution in [2.75, 3.05) is 0 Å². The van der Waals surface area contributed by atoms with Crippen molar-refractivity contribution in [2.24, 2.45) is 0 Å². The highest BCUT2D eigenvalue weighted by Gasteiger charge is 2.31. The van der Waals surface area contributed by atoms with E-state index >= 15 is 0 Å². The topological polar surface area (TPSA) is 69.6 Å². The molecule has 2 aromatic carbocycles. The maximum atomic E-state index is 14.3.